The van der Waals surface area contributed by atoms with Gasteiger partial charge in [0.05, 0.1) is 0 Å². The number of hydrogen-bond acceptors (Lipinski definition) is 1. The van der Waals surface area contributed by atoms with Gasteiger partial charge in [0.15, 0.2) is 0 Å². The first-order valence-electron chi connectivity index (χ1n) is 13.2. The van der Waals surface area contributed by atoms with Crippen LogP contribution in [-0.2, 0) is 18.3 Å². The molecule has 3 heteroatoms. The largest absolute Gasteiger partial charge is 0.351 e. The van der Waals surface area contributed by atoms with Crippen LogP contribution in [0.2, 0.25) is 0 Å². The van der Waals surface area contributed by atoms with Crippen LogP contribution in [0.15, 0.2) is 48.7 Å². The average Bonchev–Trinajstić information content (AvgIpc) is 3.21. The van der Waals surface area contributed by atoms with E-state index in [-0.39, 0.29) is 11.9 Å². The molecule has 2 aromatic carbocycles. The Bertz CT molecular complexity index is 1030. The molecule has 0 unspecified atom stereocenters. The SMILES string of the molecule is CC.CC.CC(C)c1ccc2ccn(C)c2c1.CC(C)c1cccc2c1CCC(=O)N2C(C)C. The number of hydrogen-bond donors (Lipinski definition) is 0. The highest BCUT2D eigenvalue weighted by Crippen LogP contribution is 2.34. The summed E-state index contributed by atoms with van der Waals surface area (Å²) in [6.07, 6.45) is 3.65. The number of rotatable bonds is 3. The summed E-state index contributed by atoms with van der Waals surface area (Å²) in [7, 11) is 2.09. The van der Waals surface area contributed by atoms with Crippen molar-refractivity contribution < 1.29 is 4.79 Å². The molecule has 1 amide bonds. The smallest absolute Gasteiger partial charge is 0.227 e. The van der Waals surface area contributed by atoms with Crippen molar-refractivity contribution in [2.24, 2.45) is 7.05 Å². The zero-order chi connectivity index (χ0) is 26.0. The number of benzene rings is 2. The molecular weight excluding hydrogens is 416 g/mol. The van der Waals surface area contributed by atoms with Crippen molar-refractivity contribution in [3.05, 3.63) is 65.4 Å². The second kappa shape index (κ2) is 14.0. The molecule has 0 bridgehead atoms. The molecule has 3 nitrogen and oxygen atoms in total. The van der Waals surface area contributed by atoms with Gasteiger partial charge in [0.2, 0.25) is 5.91 Å². The van der Waals surface area contributed by atoms with Gasteiger partial charge in [0.25, 0.3) is 0 Å². The Hall–Kier alpha value is -2.55. The number of nitrogens with zero attached hydrogens (tertiary/aromatic N) is 2. The van der Waals surface area contributed by atoms with E-state index in [0.29, 0.717) is 18.3 Å². The van der Waals surface area contributed by atoms with Gasteiger partial charge in [-0.2, -0.15) is 0 Å². The summed E-state index contributed by atoms with van der Waals surface area (Å²) in [6, 6.07) is 15.4. The van der Waals surface area contributed by atoms with Crippen LogP contribution in [0.1, 0.15) is 104 Å². The second-order valence-corrected chi connectivity index (χ2v) is 9.26. The van der Waals surface area contributed by atoms with Crippen LogP contribution < -0.4 is 4.90 Å². The standard InChI is InChI=1S/C15H21NO.C12H15N.2C2H6/c1-10(2)12-6-5-7-14-13(12)8-9-15(17)16(14)11(3)4;1-9(2)11-5-4-10-6-7-13(3)12(10)8-11;2*1-2/h5-7,10-11H,8-9H2,1-4H3;4-9H,1-3H3;2*1-2H3. The van der Waals surface area contributed by atoms with Crippen molar-refractivity contribution in [2.75, 3.05) is 4.90 Å². The average molecular weight is 465 g/mol. The van der Waals surface area contributed by atoms with Gasteiger partial charge in [-0.1, -0.05) is 79.7 Å². The predicted octanol–water partition coefficient (Wildman–Crippen LogP) is 8.85. The molecule has 0 atom stereocenters. The van der Waals surface area contributed by atoms with Gasteiger partial charge in [0.1, 0.15) is 0 Å². The van der Waals surface area contributed by atoms with Crippen molar-refractivity contribution in [3.63, 3.8) is 0 Å². The van der Waals surface area contributed by atoms with E-state index in [0.717, 1.165) is 12.1 Å². The highest BCUT2D eigenvalue weighted by atomic mass is 16.2. The van der Waals surface area contributed by atoms with Crippen LogP contribution in [0.3, 0.4) is 0 Å². The van der Waals surface area contributed by atoms with Crippen molar-refractivity contribution in [1.82, 2.24) is 4.57 Å². The molecule has 0 N–H and O–H groups in total. The summed E-state index contributed by atoms with van der Waals surface area (Å²) in [5.41, 5.74) is 6.62. The molecule has 0 fully saturated rings. The number of aromatic nitrogens is 1. The van der Waals surface area contributed by atoms with Gasteiger partial charge >= 0.3 is 0 Å². The van der Waals surface area contributed by atoms with E-state index in [1.165, 1.54) is 27.6 Å². The number of anilines is 1. The van der Waals surface area contributed by atoms with Crippen molar-refractivity contribution in [3.8, 4) is 0 Å². The van der Waals surface area contributed by atoms with Gasteiger partial charge in [-0.05, 0) is 72.4 Å². The van der Waals surface area contributed by atoms with Crippen LogP contribution in [0.25, 0.3) is 10.9 Å². The summed E-state index contributed by atoms with van der Waals surface area (Å²) >= 11 is 0. The first-order chi connectivity index (χ1) is 16.2. The fourth-order valence-corrected chi connectivity index (χ4v) is 4.32. The van der Waals surface area contributed by atoms with Crippen LogP contribution >= 0.6 is 0 Å². The van der Waals surface area contributed by atoms with Crippen LogP contribution in [0.5, 0.6) is 0 Å². The van der Waals surface area contributed by atoms with Crippen molar-refractivity contribution in [1.29, 1.82) is 0 Å². The van der Waals surface area contributed by atoms with E-state index in [4.69, 9.17) is 0 Å². The number of fused-ring (bicyclic) bond motifs is 2. The molecule has 1 aromatic heterocycles. The Morgan fingerprint density at radius 1 is 0.794 bits per heavy atom. The fraction of sp³-hybridized carbons (Fsp3) is 0.516. The first-order valence-corrected chi connectivity index (χ1v) is 13.2. The van der Waals surface area contributed by atoms with E-state index in [1.54, 1.807) is 0 Å². The maximum absolute atomic E-state index is 12.0. The van der Waals surface area contributed by atoms with E-state index in [9.17, 15) is 4.79 Å². The third-order valence-electron chi connectivity index (χ3n) is 6.02. The Balaban J connectivity index is 0.000000304. The molecular formula is C31H48N2O. The van der Waals surface area contributed by atoms with E-state index in [1.807, 2.05) is 32.6 Å². The van der Waals surface area contributed by atoms with E-state index >= 15 is 0 Å². The topological polar surface area (TPSA) is 25.2 Å². The Morgan fingerprint density at radius 3 is 2.00 bits per heavy atom. The van der Waals surface area contributed by atoms with Crippen LogP contribution in [-0.4, -0.2) is 16.5 Å². The summed E-state index contributed by atoms with van der Waals surface area (Å²) < 4.78 is 2.17. The van der Waals surface area contributed by atoms with Crippen LogP contribution in [0.4, 0.5) is 5.69 Å². The molecule has 0 saturated carbocycles. The lowest BCUT2D eigenvalue weighted by Gasteiger charge is -2.34. The highest BCUT2D eigenvalue weighted by molar-refractivity contribution is 5.97. The van der Waals surface area contributed by atoms with Crippen molar-refractivity contribution >= 4 is 22.5 Å². The van der Waals surface area contributed by atoms with Gasteiger partial charge < -0.3 is 9.47 Å². The summed E-state index contributed by atoms with van der Waals surface area (Å²) in [5, 5.41) is 1.33. The lowest BCUT2D eigenvalue weighted by molar-refractivity contribution is -0.119. The first kappa shape index (κ1) is 29.5. The quantitative estimate of drug-likeness (QED) is 0.380. The minimum atomic E-state index is 0.240. The zero-order valence-electron chi connectivity index (χ0n) is 23.6. The fourth-order valence-electron chi connectivity index (χ4n) is 4.32. The molecule has 34 heavy (non-hydrogen) atoms. The minimum absolute atomic E-state index is 0.240. The van der Waals surface area contributed by atoms with Gasteiger partial charge in [0, 0.05) is 36.9 Å². The molecule has 0 saturated heterocycles. The van der Waals surface area contributed by atoms with E-state index in [2.05, 4.69) is 102 Å². The maximum atomic E-state index is 12.0. The Labute approximate surface area is 209 Å². The monoisotopic (exact) mass is 464 g/mol. The second-order valence-electron chi connectivity index (χ2n) is 9.26. The van der Waals surface area contributed by atoms with E-state index < -0.39 is 0 Å². The minimum Gasteiger partial charge on any atom is -0.351 e. The molecule has 0 radical (unpaired) electrons. The zero-order valence-corrected chi connectivity index (χ0v) is 23.6. The van der Waals surface area contributed by atoms with Gasteiger partial charge in [-0.3, -0.25) is 4.79 Å². The Kier molecular flexibility index (Phi) is 12.1. The number of amides is 1. The Morgan fingerprint density at radius 2 is 1.44 bits per heavy atom. The molecule has 0 aliphatic carbocycles. The molecule has 1 aliphatic heterocycles. The molecule has 1 aliphatic rings. The van der Waals surface area contributed by atoms with Crippen molar-refractivity contribution in [2.45, 2.75) is 100.0 Å². The normalized spacial score (nSPS) is 12.5. The third kappa shape index (κ3) is 6.98. The maximum Gasteiger partial charge on any atom is 0.227 e. The van der Waals surface area contributed by atoms with Crippen LogP contribution in [0, 0.1) is 0 Å². The summed E-state index contributed by atoms with van der Waals surface area (Å²) in [5.74, 6) is 1.39. The number of carbonyl (C=O) groups is 1. The third-order valence-corrected chi connectivity index (χ3v) is 6.02. The lowest BCUT2D eigenvalue weighted by atomic mass is 9.89. The number of carbonyl (C=O) groups excluding carboxylic acids is 1. The molecule has 2 heterocycles. The van der Waals surface area contributed by atoms with Gasteiger partial charge in [-0.15, -0.1) is 0 Å². The molecule has 4 rings (SSSR count). The lowest BCUT2D eigenvalue weighted by Crippen LogP contribution is -2.40. The highest BCUT2D eigenvalue weighted by Gasteiger charge is 2.27. The summed E-state index contributed by atoms with van der Waals surface area (Å²) in [6.45, 7) is 21.0. The molecule has 188 valence electrons. The molecule has 3 aromatic rings. The predicted molar refractivity (Wildman–Crippen MR) is 151 cm³/mol. The number of aryl methyl sites for hydroxylation is 1. The molecule has 0 spiro atoms. The van der Waals surface area contributed by atoms with Gasteiger partial charge in [-0.25, -0.2) is 0 Å². The summed E-state index contributed by atoms with van der Waals surface area (Å²) in [4.78, 5) is 14.0.